The summed E-state index contributed by atoms with van der Waals surface area (Å²) in [7, 11) is -2.62. The Kier molecular flexibility index (Phi) is 14.6. The Morgan fingerprint density at radius 2 is 0.544 bits per heavy atom. The summed E-state index contributed by atoms with van der Waals surface area (Å²) in [5.41, 5.74) is 24.8. The van der Waals surface area contributed by atoms with Crippen LogP contribution in [0.4, 0.5) is 0 Å². The van der Waals surface area contributed by atoms with Crippen molar-refractivity contribution in [2.24, 2.45) is 0 Å². The minimum atomic E-state index is -1.31. The van der Waals surface area contributed by atoms with Crippen LogP contribution in [0, 0.1) is 96.9 Å². The van der Waals surface area contributed by atoms with Crippen molar-refractivity contribution in [1.29, 1.82) is 0 Å². The molecular weight excluding hydrogens is 863 g/mol. The first kappa shape index (κ1) is 48.7. The van der Waals surface area contributed by atoms with Gasteiger partial charge in [-0.3, -0.25) is 0 Å². The second-order valence-corrected chi connectivity index (χ2v) is 23.2. The van der Waals surface area contributed by atoms with Crippen LogP contribution in [0.2, 0.25) is 0 Å². The SMILES string of the molecule is Cc1ccc(P(Oc2c(Cc3c(C)cc(C)cc3C)cc(C)c(C)c2-c2c(C)c(C)cc(Cc3c(C)cc(C)cc3C)c2OP(c2ccc(C)cc2)c2ccc(C)cc2)c2ccc(C)cc2)cc1. The summed E-state index contributed by atoms with van der Waals surface area (Å²) in [5, 5.41) is 4.71. The van der Waals surface area contributed by atoms with Crippen molar-refractivity contribution in [1.82, 2.24) is 0 Å². The van der Waals surface area contributed by atoms with Crippen LogP contribution in [0.1, 0.15) is 100 Å². The van der Waals surface area contributed by atoms with Crippen molar-refractivity contribution in [3.05, 3.63) is 234 Å². The standard InChI is InChI=1S/C64H68O2P2/c1-39-15-23-55(24-16-39)67(56-25-17-40(2)18-26-56)65-63-53(37-59-47(9)31-43(5)32-48(59)10)35-45(7)51(13)61(63)62-52(14)46(8)36-54(38-60-49(11)33-44(6)34-50(60)12)64(62)66-68(57-27-19-41(3)20-28-57)58-29-21-42(4)22-30-58/h15-36H,37-38H2,1-14H3. The second kappa shape index (κ2) is 20.4. The van der Waals surface area contributed by atoms with Gasteiger partial charge in [0.15, 0.2) is 16.3 Å². The van der Waals surface area contributed by atoms with E-state index < -0.39 is 16.3 Å². The van der Waals surface area contributed by atoms with Gasteiger partial charge in [-0.2, -0.15) is 0 Å². The third-order valence-electron chi connectivity index (χ3n) is 13.9. The van der Waals surface area contributed by atoms with E-state index in [1.807, 2.05) is 0 Å². The number of rotatable bonds is 13. The van der Waals surface area contributed by atoms with Gasteiger partial charge >= 0.3 is 0 Å². The zero-order valence-electron chi connectivity index (χ0n) is 42.8. The van der Waals surface area contributed by atoms with E-state index in [4.69, 9.17) is 9.05 Å². The lowest BCUT2D eigenvalue weighted by Gasteiger charge is -2.30. The van der Waals surface area contributed by atoms with Crippen LogP contribution in [0.15, 0.2) is 133 Å². The Labute approximate surface area is 410 Å². The lowest BCUT2D eigenvalue weighted by Crippen LogP contribution is -2.18. The minimum absolute atomic E-state index is 0.738. The van der Waals surface area contributed by atoms with Crippen molar-refractivity contribution in [3.8, 4) is 22.6 Å². The quantitative estimate of drug-likeness (QED) is 0.107. The molecule has 8 aromatic carbocycles. The van der Waals surface area contributed by atoms with Gasteiger partial charge in [-0.25, -0.2) is 0 Å². The summed E-state index contributed by atoms with van der Waals surface area (Å²) in [6.07, 6.45) is 1.48. The van der Waals surface area contributed by atoms with Crippen LogP contribution in [-0.2, 0) is 12.8 Å². The summed E-state index contributed by atoms with van der Waals surface area (Å²) in [5.74, 6) is 1.86. The molecular formula is C64H68O2P2. The highest BCUT2D eigenvalue weighted by Gasteiger charge is 2.31. The van der Waals surface area contributed by atoms with E-state index in [0.717, 1.165) is 35.5 Å². The maximum absolute atomic E-state index is 7.97. The summed E-state index contributed by atoms with van der Waals surface area (Å²) in [6.45, 7) is 31.2. The highest BCUT2D eigenvalue weighted by Crippen LogP contribution is 2.53. The van der Waals surface area contributed by atoms with Gasteiger partial charge in [-0.1, -0.05) is 167 Å². The zero-order valence-corrected chi connectivity index (χ0v) is 44.6. The van der Waals surface area contributed by atoms with Gasteiger partial charge in [0, 0.05) is 45.2 Å². The highest BCUT2D eigenvalue weighted by atomic mass is 31.1. The molecule has 0 amide bonds. The van der Waals surface area contributed by atoms with Crippen LogP contribution >= 0.6 is 16.3 Å². The number of hydrogen-bond donors (Lipinski definition) is 0. The maximum atomic E-state index is 7.97. The molecule has 0 radical (unpaired) electrons. The van der Waals surface area contributed by atoms with Crippen LogP contribution in [0.3, 0.4) is 0 Å². The molecule has 0 bridgehead atoms. The first-order valence-corrected chi connectivity index (χ1v) is 26.6. The second-order valence-electron chi connectivity index (χ2n) is 19.6. The van der Waals surface area contributed by atoms with Crippen LogP contribution in [0.5, 0.6) is 11.5 Å². The van der Waals surface area contributed by atoms with Gasteiger partial charge in [-0.15, -0.1) is 0 Å². The molecule has 8 aromatic rings. The summed E-state index contributed by atoms with van der Waals surface area (Å²) < 4.78 is 15.9. The van der Waals surface area contributed by atoms with E-state index in [0.29, 0.717) is 0 Å². The largest absolute Gasteiger partial charge is 0.464 e. The van der Waals surface area contributed by atoms with E-state index in [1.54, 1.807) is 0 Å². The molecule has 8 rings (SSSR count). The van der Waals surface area contributed by atoms with Gasteiger partial charge in [0.2, 0.25) is 0 Å². The molecule has 68 heavy (non-hydrogen) atoms. The Bertz CT molecular complexity index is 2770. The van der Waals surface area contributed by atoms with E-state index in [9.17, 15) is 0 Å². The van der Waals surface area contributed by atoms with E-state index in [2.05, 4.69) is 230 Å². The van der Waals surface area contributed by atoms with Crippen LogP contribution < -0.4 is 30.3 Å². The molecule has 0 aromatic heterocycles. The lowest BCUT2D eigenvalue weighted by molar-refractivity contribution is 0.611. The normalized spacial score (nSPS) is 11.5. The molecule has 4 heteroatoms. The van der Waals surface area contributed by atoms with Crippen molar-refractivity contribution in [3.63, 3.8) is 0 Å². The molecule has 0 saturated heterocycles. The van der Waals surface area contributed by atoms with E-state index in [-0.39, 0.29) is 0 Å². The fraction of sp³-hybridized carbons (Fsp3) is 0.250. The highest BCUT2D eigenvalue weighted by molar-refractivity contribution is 7.69. The molecule has 0 atom stereocenters. The van der Waals surface area contributed by atoms with Crippen molar-refractivity contribution >= 4 is 37.5 Å². The molecule has 2 nitrogen and oxygen atoms in total. The molecule has 0 aliphatic carbocycles. The Hall–Kier alpha value is -5.78. The molecule has 0 heterocycles. The topological polar surface area (TPSA) is 18.5 Å². The average Bonchev–Trinajstić information content (AvgIpc) is 3.29. The third-order valence-corrected chi connectivity index (χ3v) is 17.7. The summed E-state index contributed by atoms with van der Waals surface area (Å²) in [6, 6.07) is 50.0. The van der Waals surface area contributed by atoms with E-state index >= 15 is 0 Å². The predicted octanol–water partition coefficient (Wildman–Crippen LogP) is 15.7. The van der Waals surface area contributed by atoms with Gasteiger partial charge in [-0.05, 0) is 164 Å². The smallest absolute Gasteiger partial charge is 0.150 e. The molecule has 0 saturated carbocycles. The fourth-order valence-electron chi connectivity index (χ4n) is 9.77. The number of benzene rings is 8. The molecule has 0 fully saturated rings. The first-order chi connectivity index (χ1) is 32.4. The zero-order chi connectivity index (χ0) is 48.6. The minimum Gasteiger partial charge on any atom is -0.464 e. The Morgan fingerprint density at radius 3 is 0.794 bits per heavy atom. The van der Waals surface area contributed by atoms with Crippen molar-refractivity contribution in [2.75, 3.05) is 0 Å². The Balaban J connectivity index is 1.48. The monoisotopic (exact) mass is 930 g/mol. The van der Waals surface area contributed by atoms with Gasteiger partial charge in [0.05, 0.1) is 0 Å². The summed E-state index contributed by atoms with van der Waals surface area (Å²) >= 11 is 0. The molecule has 0 aliphatic heterocycles. The molecule has 0 spiro atoms. The predicted molar refractivity (Wildman–Crippen MR) is 296 cm³/mol. The van der Waals surface area contributed by atoms with Gasteiger partial charge < -0.3 is 9.05 Å². The van der Waals surface area contributed by atoms with Crippen LogP contribution in [0.25, 0.3) is 11.1 Å². The third kappa shape index (κ3) is 10.4. The van der Waals surface area contributed by atoms with E-state index in [1.165, 1.54) is 121 Å². The molecule has 0 unspecified atom stereocenters. The summed E-state index contributed by atoms with van der Waals surface area (Å²) in [4.78, 5) is 0. The molecule has 346 valence electrons. The molecule has 0 N–H and O–H groups in total. The number of hydrogen-bond acceptors (Lipinski definition) is 2. The van der Waals surface area contributed by atoms with Crippen LogP contribution in [-0.4, -0.2) is 0 Å². The van der Waals surface area contributed by atoms with Crippen molar-refractivity contribution in [2.45, 2.75) is 110 Å². The average molecular weight is 931 g/mol. The lowest BCUT2D eigenvalue weighted by atomic mass is 9.84. The fourth-order valence-corrected chi connectivity index (χ4v) is 13.2. The molecule has 0 aliphatic rings. The first-order valence-electron chi connectivity index (χ1n) is 24.1. The Morgan fingerprint density at radius 1 is 0.294 bits per heavy atom. The van der Waals surface area contributed by atoms with Gasteiger partial charge in [0.1, 0.15) is 11.5 Å². The number of aryl methyl sites for hydroxylation is 12. The van der Waals surface area contributed by atoms with Crippen molar-refractivity contribution < 1.29 is 9.05 Å². The maximum Gasteiger partial charge on any atom is 0.150 e. The van der Waals surface area contributed by atoms with Gasteiger partial charge in [0.25, 0.3) is 0 Å².